The summed E-state index contributed by atoms with van der Waals surface area (Å²) in [4.78, 5) is 23.8. The van der Waals surface area contributed by atoms with Gasteiger partial charge < -0.3 is 0 Å². The SMILES string of the molecule is C1=c2ccc(-c3ccc4cc(-c5ccc6nc(-c7ccncc7)ccc6c5)ccc4n3)cc2=CCC1c1ccc2ccc3cccnc3c2n1. The first-order valence-electron chi connectivity index (χ1n) is 16.9. The third kappa shape index (κ3) is 4.99. The lowest BCUT2D eigenvalue weighted by Gasteiger charge is -2.15. The van der Waals surface area contributed by atoms with Crippen LogP contribution in [-0.2, 0) is 0 Å². The van der Waals surface area contributed by atoms with E-state index < -0.39 is 0 Å². The van der Waals surface area contributed by atoms with Crippen molar-refractivity contribution in [2.45, 2.75) is 12.3 Å². The zero-order valence-corrected chi connectivity index (χ0v) is 27.0. The smallest absolute Gasteiger partial charge is 0.0968 e. The van der Waals surface area contributed by atoms with Gasteiger partial charge in [0.05, 0.1) is 33.5 Å². The first kappa shape index (κ1) is 28.4. The summed E-state index contributed by atoms with van der Waals surface area (Å²) < 4.78 is 0. The van der Waals surface area contributed by atoms with Gasteiger partial charge in [-0.05, 0) is 94.7 Å². The Hall–Kier alpha value is -6.59. The van der Waals surface area contributed by atoms with Gasteiger partial charge in [-0.3, -0.25) is 9.97 Å². The molecular weight excluding hydrogens is 611 g/mol. The zero-order chi connectivity index (χ0) is 33.0. The molecule has 0 N–H and O–H groups in total. The molecule has 10 rings (SSSR count). The highest BCUT2D eigenvalue weighted by Gasteiger charge is 2.15. The van der Waals surface area contributed by atoms with Gasteiger partial charge in [0.2, 0.25) is 0 Å². The number of nitrogens with zero attached hydrogens (tertiary/aromatic N) is 5. The number of hydrogen-bond acceptors (Lipinski definition) is 5. The second-order valence-electron chi connectivity index (χ2n) is 12.9. The monoisotopic (exact) mass is 639 g/mol. The highest BCUT2D eigenvalue weighted by atomic mass is 14.8. The molecule has 1 atom stereocenters. The van der Waals surface area contributed by atoms with Crippen LogP contribution in [0.15, 0.2) is 146 Å². The fraction of sp³-hybridized carbons (Fsp3) is 0.0444. The second-order valence-corrected chi connectivity index (χ2v) is 12.9. The van der Waals surface area contributed by atoms with Gasteiger partial charge in [-0.15, -0.1) is 0 Å². The van der Waals surface area contributed by atoms with E-state index in [2.05, 4.69) is 131 Å². The molecule has 5 heterocycles. The quantitative estimate of drug-likeness (QED) is 0.180. The fourth-order valence-electron chi connectivity index (χ4n) is 7.21. The Kier molecular flexibility index (Phi) is 6.56. The zero-order valence-electron chi connectivity index (χ0n) is 27.0. The van der Waals surface area contributed by atoms with Crippen molar-refractivity contribution < 1.29 is 0 Å². The van der Waals surface area contributed by atoms with Crippen LogP contribution in [0, 0.1) is 0 Å². The number of pyridine rings is 5. The molecule has 1 aliphatic rings. The topological polar surface area (TPSA) is 64.5 Å². The minimum atomic E-state index is 0.216. The average Bonchev–Trinajstić information content (AvgIpc) is 3.19. The number of aromatic nitrogens is 5. The second kappa shape index (κ2) is 11.5. The lowest BCUT2D eigenvalue weighted by molar-refractivity contribution is 0.882. The molecule has 5 nitrogen and oxygen atoms in total. The van der Waals surface area contributed by atoms with Crippen LogP contribution in [0.5, 0.6) is 0 Å². The minimum absolute atomic E-state index is 0.216. The Balaban J connectivity index is 0.927. The number of fused-ring (bicyclic) bond motifs is 6. The van der Waals surface area contributed by atoms with Gasteiger partial charge in [-0.25, -0.2) is 15.0 Å². The molecule has 5 aromatic heterocycles. The van der Waals surface area contributed by atoms with Crippen LogP contribution >= 0.6 is 0 Å². The van der Waals surface area contributed by atoms with Gasteiger partial charge in [0.1, 0.15) is 0 Å². The van der Waals surface area contributed by atoms with E-state index in [0.717, 1.165) is 89.4 Å². The summed E-state index contributed by atoms with van der Waals surface area (Å²) in [5.41, 5.74) is 11.4. The maximum atomic E-state index is 5.12. The third-order valence-corrected chi connectivity index (χ3v) is 9.88. The van der Waals surface area contributed by atoms with E-state index in [1.165, 1.54) is 10.4 Å². The highest BCUT2D eigenvalue weighted by molar-refractivity contribution is 6.02. The molecule has 5 heteroatoms. The van der Waals surface area contributed by atoms with Gasteiger partial charge in [-0.2, -0.15) is 0 Å². The summed E-state index contributed by atoms with van der Waals surface area (Å²) in [6.45, 7) is 0. The molecule has 234 valence electrons. The first-order chi connectivity index (χ1) is 24.7. The van der Waals surface area contributed by atoms with Gasteiger partial charge in [-0.1, -0.05) is 72.8 Å². The summed E-state index contributed by atoms with van der Waals surface area (Å²) in [6, 6.07) is 44.8. The molecular formula is C45H29N5. The Morgan fingerprint density at radius 1 is 0.460 bits per heavy atom. The van der Waals surface area contributed by atoms with Crippen molar-refractivity contribution in [1.82, 2.24) is 24.9 Å². The Labute approximate surface area is 288 Å². The molecule has 0 spiro atoms. The molecule has 0 radical (unpaired) electrons. The minimum Gasteiger partial charge on any atom is -0.265 e. The molecule has 0 saturated carbocycles. The maximum Gasteiger partial charge on any atom is 0.0968 e. The van der Waals surface area contributed by atoms with Crippen molar-refractivity contribution in [1.29, 1.82) is 0 Å². The summed E-state index contributed by atoms with van der Waals surface area (Å²) in [7, 11) is 0. The predicted molar refractivity (Wildman–Crippen MR) is 204 cm³/mol. The number of benzene rings is 4. The van der Waals surface area contributed by atoms with Crippen molar-refractivity contribution in [2.24, 2.45) is 0 Å². The van der Waals surface area contributed by atoms with Crippen molar-refractivity contribution in [3.05, 3.63) is 162 Å². The van der Waals surface area contributed by atoms with Crippen LogP contribution in [0.25, 0.3) is 89.4 Å². The van der Waals surface area contributed by atoms with Gasteiger partial charge >= 0.3 is 0 Å². The lowest BCUT2D eigenvalue weighted by atomic mass is 9.92. The Morgan fingerprint density at radius 3 is 1.88 bits per heavy atom. The molecule has 50 heavy (non-hydrogen) atoms. The molecule has 1 unspecified atom stereocenters. The van der Waals surface area contributed by atoms with E-state index in [-0.39, 0.29) is 5.92 Å². The largest absolute Gasteiger partial charge is 0.265 e. The number of hydrogen-bond donors (Lipinski definition) is 0. The van der Waals surface area contributed by atoms with Gasteiger partial charge in [0, 0.05) is 62.9 Å². The lowest BCUT2D eigenvalue weighted by Crippen LogP contribution is -2.28. The highest BCUT2D eigenvalue weighted by Crippen LogP contribution is 2.30. The van der Waals surface area contributed by atoms with Crippen LogP contribution in [0.2, 0.25) is 0 Å². The molecule has 0 bridgehead atoms. The Bertz CT molecular complexity index is 2920. The van der Waals surface area contributed by atoms with Crippen LogP contribution < -0.4 is 10.4 Å². The van der Waals surface area contributed by atoms with Crippen molar-refractivity contribution >= 4 is 55.8 Å². The summed E-state index contributed by atoms with van der Waals surface area (Å²) >= 11 is 0. The molecule has 0 aliphatic heterocycles. The maximum absolute atomic E-state index is 5.12. The number of rotatable bonds is 4. The first-order valence-corrected chi connectivity index (χ1v) is 16.9. The van der Waals surface area contributed by atoms with Crippen molar-refractivity contribution in [3.8, 4) is 33.6 Å². The van der Waals surface area contributed by atoms with E-state index in [1.54, 1.807) is 12.4 Å². The summed E-state index contributed by atoms with van der Waals surface area (Å²) in [5, 5.41) is 6.93. The van der Waals surface area contributed by atoms with Crippen LogP contribution in [0.3, 0.4) is 0 Å². The van der Waals surface area contributed by atoms with Crippen LogP contribution in [0.4, 0.5) is 0 Å². The van der Waals surface area contributed by atoms with E-state index in [1.807, 2.05) is 24.4 Å². The summed E-state index contributed by atoms with van der Waals surface area (Å²) in [5.74, 6) is 0.216. The molecule has 4 aromatic carbocycles. The van der Waals surface area contributed by atoms with Crippen LogP contribution in [0.1, 0.15) is 18.0 Å². The van der Waals surface area contributed by atoms with Gasteiger partial charge in [0.25, 0.3) is 0 Å². The normalized spacial score (nSPS) is 14.0. The molecule has 0 amide bonds. The van der Waals surface area contributed by atoms with E-state index in [4.69, 9.17) is 15.0 Å². The molecule has 1 aliphatic carbocycles. The summed E-state index contributed by atoms with van der Waals surface area (Å²) in [6.07, 6.45) is 11.0. The van der Waals surface area contributed by atoms with Gasteiger partial charge in [0.15, 0.2) is 0 Å². The Morgan fingerprint density at radius 2 is 1.12 bits per heavy atom. The third-order valence-electron chi connectivity index (χ3n) is 9.88. The van der Waals surface area contributed by atoms with E-state index >= 15 is 0 Å². The average molecular weight is 640 g/mol. The van der Waals surface area contributed by atoms with E-state index in [0.29, 0.717) is 0 Å². The standard InChI is InChI=1S/C45H29N5/c1-2-29-3-4-30-9-14-43(50-45(30)44(29)47-21-1)36-8-6-31-24-35(7-5-32(31)25-36)42-18-13-38-27-34(11-16-41(38)49-42)33-10-15-40-37(26-33)12-17-39(48-40)28-19-22-46-23-20-28/h1-7,9-27,36H,8H2. The van der Waals surface area contributed by atoms with Crippen molar-refractivity contribution in [2.75, 3.05) is 0 Å². The predicted octanol–water partition coefficient (Wildman–Crippen LogP) is 9.02. The van der Waals surface area contributed by atoms with Crippen LogP contribution in [-0.4, -0.2) is 24.9 Å². The van der Waals surface area contributed by atoms with E-state index in [9.17, 15) is 0 Å². The molecule has 0 fully saturated rings. The molecule has 0 saturated heterocycles. The molecule has 9 aromatic rings. The fourth-order valence-corrected chi connectivity index (χ4v) is 7.21. The van der Waals surface area contributed by atoms with Crippen molar-refractivity contribution in [3.63, 3.8) is 0 Å².